The van der Waals surface area contributed by atoms with Crippen molar-refractivity contribution in [3.63, 3.8) is 0 Å². The van der Waals surface area contributed by atoms with E-state index in [2.05, 4.69) is 10.5 Å². The van der Waals surface area contributed by atoms with Crippen LogP contribution in [0.15, 0.2) is 53.7 Å². The third kappa shape index (κ3) is 4.59. The van der Waals surface area contributed by atoms with E-state index >= 15 is 0 Å². The largest absolute Gasteiger partial charge is 0.489 e. The Morgan fingerprint density at radius 2 is 1.96 bits per heavy atom. The molecule has 1 N–H and O–H groups in total. The van der Waals surface area contributed by atoms with Gasteiger partial charge in [-0.1, -0.05) is 41.6 Å². The molecular formula is C19H22N2O3. The summed E-state index contributed by atoms with van der Waals surface area (Å²) in [6, 6.07) is 15.3. The fraction of sp³-hybridized carbons (Fsp3) is 0.263. The SMILES string of the molecule is CCNC(=O)C(=NOC)c1ccccc1COc1cccc(C)c1. The second kappa shape index (κ2) is 8.72. The van der Waals surface area contributed by atoms with Gasteiger partial charge in [0.1, 0.15) is 19.5 Å². The molecule has 0 unspecified atom stereocenters. The highest BCUT2D eigenvalue weighted by atomic mass is 16.6. The third-order valence-corrected chi connectivity index (χ3v) is 3.39. The smallest absolute Gasteiger partial charge is 0.273 e. The van der Waals surface area contributed by atoms with Crippen LogP contribution in [0.5, 0.6) is 5.75 Å². The number of likely N-dealkylation sites (N-methyl/N-ethyl adjacent to an activating group) is 1. The molecule has 5 heteroatoms. The maximum Gasteiger partial charge on any atom is 0.273 e. The molecule has 2 rings (SSSR count). The molecule has 2 aromatic rings. The zero-order valence-corrected chi connectivity index (χ0v) is 14.2. The summed E-state index contributed by atoms with van der Waals surface area (Å²) in [6.07, 6.45) is 0. The van der Waals surface area contributed by atoms with Gasteiger partial charge in [0.05, 0.1) is 0 Å². The first kappa shape index (κ1) is 17.5. The highest BCUT2D eigenvalue weighted by Gasteiger charge is 2.18. The summed E-state index contributed by atoms with van der Waals surface area (Å²) in [5.41, 5.74) is 2.92. The number of oxime groups is 1. The van der Waals surface area contributed by atoms with Gasteiger partial charge in [-0.05, 0) is 37.1 Å². The number of ether oxygens (including phenoxy) is 1. The Morgan fingerprint density at radius 1 is 1.17 bits per heavy atom. The molecule has 0 spiro atoms. The summed E-state index contributed by atoms with van der Waals surface area (Å²) in [5.74, 6) is 0.510. The van der Waals surface area contributed by atoms with Gasteiger partial charge in [0.15, 0.2) is 5.71 Å². The standard InChI is InChI=1S/C19H22N2O3/c1-4-20-19(22)18(21-23-3)17-11-6-5-9-15(17)13-24-16-10-7-8-14(2)12-16/h5-12H,4,13H2,1-3H3,(H,20,22). The van der Waals surface area contributed by atoms with Gasteiger partial charge in [0.2, 0.25) is 0 Å². The lowest BCUT2D eigenvalue weighted by atomic mass is 10.0. The molecule has 0 saturated heterocycles. The Labute approximate surface area is 142 Å². The molecule has 24 heavy (non-hydrogen) atoms. The number of benzene rings is 2. The number of aryl methyl sites for hydroxylation is 1. The number of amides is 1. The van der Waals surface area contributed by atoms with Crippen LogP contribution in [0, 0.1) is 6.92 Å². The van der Waals surface area contributed by atoms with Crippen molar-refractivity contribution in [1.29, 1.82) is 0 Å². The number of nitrogens with zero attached hydrogens (tertiary/aromatic N) is 1. The summed E-state index contributed by atoms with van der Waals surface area (Å²) in [6.45, 7) is 4.72. The van der Waals surface area contributed by atoms with Crippen molar-refractivity contribution in [2.75, 3.05) is 13.7 Å². The fourth-order valence-corrected chi connectivity index (χ4v) is 2.29. The summed E-state index contributed by atoms with van der Waals surface area (Å²) < 4.78 is 5.85. The molecule has 0 saturated carbocycles. The molecule has 0 bridgehead atoms. The molecule has 0 radical (unpaired) electrons. The van der Waals surface area contributed by atoms with E-state index in [9.17, 15) is 4.79 Å². The van der Waals surface area contributed by atoms with Gasteiger partial charge in [-0.3, -0.25) is 4.79 Å². The summed E-state index contributed by atoms with van der Waals surface area (Å²) in [5, 5.41) is 6.64. The second-order valence-corrected chi connectivity index (χ2v) is 5.24. The van der Waals surface area contributed by atoms with Crippen LogP contribution in [0.4, 0.5) is 0 Å². The van der Waals surface area contributed by atoms with E-state index in [0.29, 0.717) is 18.7 Å². The van der Waals surface area contributed by atoms with Crippen LogP contribution in [0.2, 0.25) is 0 Å². The first-order valence-electron chi connectivity index (χ1n) is 7.82. The van der Waals surface area contributed by atoms with Gasteiger partial charge >= 0.3 is 0 Å². The molecule has 0 aromatic heterocycles. The maximum atomic E-state index is 12.2. The number of hydrogen-bond acceptors (Lipinski definition) is 4. The van der Waals surface area contributed by atoms with Crippen molar-refractivity contribution in [2.24, 2.45) is 5.16 Å². The minimum atomic E-state index is -0.276. The lowest BCUT2D eigenvalue weighted by molar-refractivity contribution is -0.114. The quantitative estimate of drug-likeness (QED) is 0.628. The van der Waals surface area contributed by atoms with E-state index in [1.54, 1.807) is 0 Å². The van der Waals surface area contributed by atoms with Crippen LogP contribution in [0.1, 0.15) is 23.6 Å². The van der Waals surface area contributed by atoms with Gasteiger partial charge in [0.25, 0.3) is 5.91 Å². The molecule has 0 heterocycles. The lowest BCUT2D eigenvalue weighted by Gasteiger charge is -2.12. The van der Waals surface area contributed by atoms with Crippen LogP contribution < -0.4 is 10.1 Å². The molecular weight excluding hydrogens is 304 g/mol. The monoisotopic (exact) mass is 326 g/mol. The van der Waals surface area contributed by atoms with Crippen LogP contribution >= 0.6 is 0 Å². The van der Waals surface area contributed by atoms with Crippen LogP contribution in [-0.4, -0.2) is 25.3 Å². The Bertz CT molecular complexity index is 726. The summed E-state index contributed by atoms with van der Waals surface area (Å²) >= 11 is 0. The number of carbonyl (C=O) groups is 1. The Morgan fingerprint density at radius 3 is 2.67 bits per heavy atom. The molecule has 0 atom stereocenters. The lowest BCUT2D eigenvalue weighted by Crippen LogP contribution is -2.32. The van der Waals surface area contributed by atoms with E-state index in [-0.39, 0.29) is 11.6 Å². The van der Waals surface area contributed by atoms with E-state index < -0.39 is 0 Å². The van der Waals surface area contributed by atoms with Crippen LogP contribution in [-0.2, 0) is 16.2 Å². The normalized spacial score (nSPS) is 11.0. The van der Waals surface area contributed by atoms with Crippen molar-refractivity contribution in [3.8, 4) is 5.75 Å². The molecule has 1 amide bonds. The van der Waals surface area contributed by atoms with Gasteiger partial charge in [-0.25, -0.2) is 0 Å². The molecule has 2 aromatic carbocycles. The summed E-state index contributed by atoms with van der Waals surface area (Å²) in [4.78, 5) is 17.1. The number of nitrogens with one attached hydrogen (secondary N) is 1. The molecule has 0 aliphatic rings. The third-order valence-electron chi connectivity index (χ3n) is 3.39. The predicted octanol–water partition coefficient (Wildman–Crippen LogP) is 3.06. The van der Waals surface area contributed by atoms with E-state index in [1.807, 2.05) is 62.4 Å². The van der Waals surface area contributed by atoms with Crippen molar-refractivity contribution in [2.45, 2.75) is 20.5 Å². The zero-order valence-electron chi connectivity index (χ0n) is 14.2. The second-order valence-electron chi connectivity index (χ2n) is 5.24. The highest BCUT2D eigenvalue weighted by Crippen LogP contribution is 2.17. The van der Waals surface area contributed by atoms with Crippen LogP contribution in [0.3, 0.4) is 0 Å². The Balaban J connectivity index is 2.25. The van der Waals surface area contributed by atoms with Gasteiger partial charge in [0, 0.05) is 12.1 Å². The Hall–Kier alpha value is -2.82. The number of hydrogen-bond donors (Lipinski definition) is 1. The van der Waals surface area contributed by atoms with Crippen molar-refractivity contribution >= 4 is 11.6 Å². The first-order chi connectivity index (χ1) is 11.7. The summed E-state index contributed by atoms with van der Waals surface area (Å²) in [7, 11) is 1.42. The molecule has 0 aliphatic carbocycles. The molecule has 0 fully saturated rings. The number of rotatable bonds is 7. The van der Waals surface area contributed by atoms with Crippen LogP contribution in [0.25, 0.3) is 0 Å². The van der Waals surface area contributed by atoms with Gasteiger partial charge in [-0.2, -0.15) is 0 Å². The van der Waals surface area contributed by atoms with Crippen molar-refractivity contribution in [3.05, 3.63) is 65.2 Å². The van der Waals surface area contributed by atoms with E-state index in [4.69, 9.17) is 9.57 Å². The van der Waals surface area contributed by atoms with E-state index in [0.717, 1.165) is 16.9 Å². The van der Waals surface area contributed by atoms with Crippen molar-refractivity contribution < 1.29 is 14.4 Å². The fourth-order valence-electron chi connectivity index (χ4n) is 2.29. The molecule has 0 aliphatic heterocycles. The number of carbonyl (C=O) groups excluding carboxylic acids is 1. The molecule has 5 nitrogen and oxygen atoms in total. The maximum absolute atomic E-state index is 12.2. The van der Waals surface area contributed by atoms with Gasteiger partial charge in [-0.15, -0.1) is 0 Å². The average Bonchev–Trinajstić information content (AvgIpc) is 2.58. The van der Waals surface area contributed by atoms with E-state index in [1.165, 1.54) is 7.11 Å². The van der Waals surface area contributed by atoms with Gasteiger partial charge < -0.3 is 14.9 Å². The first-order valence-corrected chi connectivity index (χ1v) is 7.82. The Kier molecular flexibility index (Phi) is 6.37. The highest BCUT2D eigenvalue weighted by molar-refractivity contribution is 6.45. The van der Waals surface area contributed by atoms with Crippen molar-refractivity contribution in [1.82, 2.24) is 5.32 Å². The minimum absolute atomic E-state index is 0.239. The molecule has 126 valence electrons. The topological polar surface area (TPSA) is 59.9 Å². The predicted molar refractivity (Wildman–Crippen MR) is 94.2 cm³/mol. The minimum Gasteiger partial charge on any atom is -0.489 e. The average molecular weight is 326 g/mol. The zero-order chi connectivity index (χ0) is 17.4.